The Morgan fingerprint density at radius 2 is 2.14 bits per heavy atom. The fourth-order valence-corrected chi connectivity index (χ4v) is 2.81. The Hall–Kier alpha value is -0.480. The monoisotopic (exact) mass is 271 g/mol. The molecule has 0 fully saturated rings. The van der Waals surface area contributed by atoms with Crippen molar-refractivity contribution in [1.82, 2.24) is 0 Å². The Balaban J connectivity index is 2.51. The van der Waals surface area contributed by atoms with Crippen molar-refractivity contribution in [3.8, 4) is 0 Å². The fraction of sp³-hybridized carbons (Fsp3) is 0.300. The summed E-state index contributed by atoms with van der Waals surface area (Å²) in [5.41, 5.74) is 0.548. The minimum Gasteiger partial charge on any atom is -0.372 e. The first-order valence-corrected chi connectivity index (χ1v) is 5.90. The molecule has 14 heavy (non-hydrogen) atoms. The van der Waals surface area contributed by atoms with E-state index in [-0.39, 0.29) is 5.12 Å². The standard InChI is InChI=1S/C10H10BrNOS/c1-10(2)9(13)14-8-6(11)4-3-5-7(8)12-10/h3-5,12H,1-2H3. The van der Waals surface area contributed by atoms with Gasteiger partial charge in [0.2, 0.25) is 5.12 Å². The smallest absolute Gasteiger partial charge is 0.218 e. The van der Waals surface area contributed by atoms with Gasteiger partial charge in [-0.1, -0.05) is 6.07 Å². The number of rotatable bonds is 0. The van der Waals surface area contributed by atoms with Crippen LogP contribution in [0.15, 0.2) is 27.6 Å². The molecule has 1 N–H and O–H groups in total. The highest BCUT2D eigenvalue weighted by molar-refractivity contribution is 9.10. The molecule has 0 radical (unpaired) electrons. The van der Waals surface area contributed by atoms with Gasteiger partial charge >= 0.3 is 0 Å². The van der Waals surface area contributed by atoms with Gasteiger partial charge in [0.05, 0.1) is 10.6 Å². The molecule has 4 heteroatoms. The molecule has 0 aromatic heterocycles. The Kier molecular flexibility index (Phi) is 2.35. The normalized spacial score (nSPS) is 18.6. The molecule has 0 aliphatic carbocycles. The molecule has 1 aliphatic heterocycles. The number of thioether (sulfide) groups is 1. The summed E-state index contributed by atoms with van der Waals surface area (Å²) in [7, 11) is 0. The number of nitrogens with one attached hydrogen (secondary N) is 1. The van der Waals surface area contributed by atoms with Crippen LogP contribution in [0.4, 0.5) is 5.69 Å². The van der Waals surface area contributed by atoms with Gasteiger partial charge in [-0.25, -0.2) is 0 Å². The molecular formula is C10H10BrNOS. The third kappa shape index (κ3) is 1.57. The van der Waals surface area contributed by atoms with Crippen LogP contribution < -0.4 is 5.32 Å². The van der Waals surface area contributed by atoms with Crippen LogP contribution in [0, 0.1) is 0 Å². The molecule has 0 saturated heterocycles. The third-order valence-electron chi connectivity index (χ3n) is 2.12. The predicted octanol–water partition coefficient (Wildman–Crippen LogP) is 3.27. The fourth-order valence-electron chi connectivity index (χ4n) is 1.32. The second-order valence-electron chi connectivity index (χ2n) is 3.76. The number of hydrogen-bond acceptors (Lipinski definition) is 3. The number of anilines is 1. The first-order chi connectivity index (χ1) is 6.50. The zero-order valence-electron chi connectivity index (χ0n) is 7.93. The minimum atomic E-state index is -0.474. The Bertz CT molecular complexity index is 403. The van der Waals surface area contributed by atoms with Crippen molar-refractivity contribution in [1.29, 1.82) is 0 Å². The van der Waals surface area contributed by atoms with Crippen LogP contribution in [0.25, 0.3) is 0 Å². The topological polar surface area (TPSA) is 29.1 Å². The largest absolute Gasteiger partial charge is 0.372 e. The maximum atomic E-state index is 11.7. The van der Waals surface area contributed by atoms with Crippen molar-refractivity contribution >= 4 is 38.5 Å². The Morgan fingerprint density at radius 1 is 1.43 bits per heavy atom. The summed E-state index contributed by atoms with van der Waals surface area (Å²) >= 11 is 4.73. The van der Waals surface area contributed by atoms with E-state index in [4.69, 9.17) is 0 Å². The third-order valence-corrected chi connectivity index (χ3v) is 4.38. The lowest BCUT2D eigenvalue weighted by Gasteiger charge is -2.31. The number of fused-ring (bicyclic) bond motifs is 1. The molecule has 0 saturated carbocycles. The van der Waals surface area contributed by atoms with Gasteiger partial charge in [0.25, 0.3) is 0 Å². The van der Waals surface area contributed by atoms with E-state index in [0.29, 0.717) is 0 Å². The van der Waals surface area contributed by atoms with Crippen molar-refractivity contribution in [2.45, 2.75) is 24.3 Å². The Labute approximate surface area is 95.6 Å². The van der Waals surface area contributed by atoms with E-state index in [1.165, 1.54) is 11.8 Å². The predicted molar refractivity (Wildman–Crippen MR) is 62.7 cm³/mol. The summed E-state index contributed by atoms with van der Waals surface area (Å²) in [4.78, 5) is 12.7. The molecule has 74 valence electrons. The van der Waals surface area contributed by atoms with Gasteiger partial charge in [0.15, 0.2) is 0 Å². The van der Waals surface area contributed by atoms with E-state index in [2.05, 4.69) is 21.2 Å². The van der Waals surface area contributed by atoms with E-state index in [1.807, 2.05) is 32.0 Å². The molecule has 1 aromatic rings. The Morgan fingerprint density at radius 3 is 2.86 bits per heavy atom. The van der Waals surface area contributed by atoms with Gasteiger partial charge in [-0.05, 0) is 53.7 Å². The summed E-state index contributed by atoms with van der Waals surface area (Å²) in [5.74, 6) is 0. The first kappa shape index (κ1) is 10.1. The number of carbonyl (C=O) groups excluding carboxylic acids is 1. The lowest BCUT2D eigenvalue weighted by Crippen LogP contribution is -2.40. The molecule has 0 atom stereocenters. The molecule has 2 nitrogen and oxygen atoms in total. The van der Waals surface area contributed by atoms with Crippen LogP contribution in [0.2, 0.25) is 0 Å². The molecule has 0 bridgehead atoms. The zero-order chi connectivity index (χ0) is 10.3. The van der Waals surface area contributed by atoms with Crippen molar-refractivity contribution < 1.29 is 4.79 Å². The molecular weight excluding hydrogens is 262 g/mol. The highest BCUT2D eigenvalue weighted by Gasteiger charge is 2.34. The highest BCUT2D eigenvalue weighted by Crippen LogP contribution is 2.42. The molecule has 0 amide bonds. The van der Waals surface area contributed by atoms with Gasteiger partial charge in [0, 0.05) is 4.47 Å². The average molecular weight is 272 g/mol. The highest BCUT2D eigenvalue weighted by atomic mass is 79.9. The van der Waals surface area contributed by atoms with Crippen LogP contribution in [-0.2, 0) is 4.79 Å². The second kappa shape index (κ2) is 3.28. The van der Waals surface area contributed by atoms with Gasteiger partial charge in [-0.15, -0.1) is 0 Å². The van der Waals surface area contributed by atoms with Gasteiger partial charge < -0.3 is 5.32 Å². The molecule has 2 rings (SSSR count). The van der Waals surface area contributed by atoms with Crippen LogP contribution in [0.1, 0.15) is 13.8 Å². The van der Waals surface area contributed by atoms with Gasteiger partial charge in [-0.2, -0.15) is 0 Å². The molecule has 1 aromatic carbocycles. The van der Waals surface area contributed by atoms with Crippen molar-refractivity contribution in [3.05, 3.63) is 22.7 Å². The van der Waals surface area contributed by atoms with E-state index in [0.717, 1.165) is 15.1 Å². The average Bonchev–Trinajstić information content (AvgIpc) is 2.08. The number of hydrogen-bond donors (Lipinski definition) is 1. The number of benzene rings is 1. The van der Waals surface area contributed by atoms with E-state index >= 15 is 0 Å². The lowest BCUT2D eigenvalue weighted by molar-refractivity contribution is -0.114. The molecule has 1 aliphatic rings. The van der Waals surface area contributed by atoms with Crippen LogP contribution >= 0.6 is 27.7 Å². The van der Waals surface area contributed by atoms with E-state index < -0.39 is 5.54 Å². The van der Waals surface area contributed by atoms with Crippen LogP contribution in [0.5, 0.6) is 0 Å². The number of halogens is 1. The van der Waals surface area contributed by atoms with E-state index in [9.17, 15) is 4.79 Å². The summed E-state index contributed by atoms with van der Waals surface area (Å²) in [6, 6.07) is 5.89. The summed E-state index contributed by atoms with van der Waals surface area (Å²) < 4.78 is 0.969. The van der Waals surface area contributed by atoms with Crippen LogP contribution in [0.3, 0.4) is 0 Å². The summed E-state index contributed by atoms with van der Waals surface area (Å²) in [6.45, 7) is 3.79. The van der Waals surface area contributed by atoms with Crippen molar-refractivity contribution in [2.24, 2.45) is 0 Å². The molecule has 0 spiro atoms. The van der Waals surface area contributed by atoms with Gasteiger partial charge in [0.1, 0.15) is 5.54 Å². The quantitative estimate of drug-likeness (QED) is 0.785. The summed E-state index contributed by atoms with van der Waals surface area (Å²) in [5, 5.41) is 3.38. The minimum absolute atomic E-state index is 0.150. The van der Waals surface area contributed by atoms with E-state index in [1.54, 1.807) is 0 Å². The summed E-state index contributed by atoms with van der Waals surface area (Å²) in [6.07, 6.45) is 0. The zero-order valence-corrected chi connectivity index (χ0v) is 10.3. The SMILES string of the molecule is CC1(C)Nc2cccc(Br)c2SC1=O. The van der Waals surface area contributed by atoms with Crippen molar-refractivity contribution in [3.63, 3.8) is 0 Å². The first-order valence-electron chi connectivity index (χ1n) is 4.30. The maximum Gasteiger partial charge on any atom is 0.218 e. The lowest BCUT2D eigenvalue weighted by atomic mass is 10.1. The molecule has 0 unspecified atom stereocenters. The van der Waals surface area contributed by atoms with Crippen LogP contribution in [-0.4, -0.2) is 10.7 Å². The molecule has 1 heterocycles. The number of carbonyl (C=O) groups is 1. The van der Waals surface area contributed by atoms with Gasteiger partial charge in [-0.3, -0.25) is 4.79 Å². The van der Waals surface area contributed by atoms with Crippen molar-refractivity contribution in [2.75, 3.05) is 5.32 Å². The second-order valence-corrected chi connectivity index (χ2v) is 5.59. The maximum absolute atomic E-state index is 11.7.